The van der Waals surface area contributed by atoms with E-state index in [0.717, 1.165) is 45.1 Å². The third-order valence-electron chi connectivity index (χ3n) is 6.42. The van der Waals surface area contributed by atoms with Crippen LogP contribution >= 0.6 is 22.7 Å². The number of aromatic nitrogens is 1. The summed E-state index contributed by atoms with van der Waals surface area (Å²) in [4.78, 5) is 20.0. The molecule has 1 aliphatic carbocycles. The Hall–Kier alpha value is -3.10. The first kappa shape index (κ1) is 25.5. The molecule has 37 heavy (non-hydrogen) atoms. The summed E-state index contributed by atoms with van der Waals surface area (Å²) in [6.45, 7) is 9.39. The number of rotatable bonds is 9. The van der Waals surface area contributed by atoms with E-state index in [1.54, 1.807) is 34.8 Å². The normalized spacial score (nSPS) is 14.9. The zero-order valence-electron chi connectivity index (χ0n) is 21.7. The van der Waals surface area contributed by atoms with Crippen molar-refractivity contribution in [3.8, 4) is 27.8 Å². The summed E-state index contributed by atoms with van der Waals surface area (Å²) < 4.78 is 18.6. The van der Waals surface area contributed by atoms with E-state index >= 15 is 0 Å². The first-order chi connectivity index (χ1) is 18.0. The van der Waals surface area contributed by atoms with Gasteiger partial charge in [-0.2, -0.15) is 0 Å². The molecule has 1 N–H and O–H groups in total. The molecule has 0 saturated carbocycles. The first-order valence-electron chi connectivity index (χ1n) is 12.9. The maximum Gasteiger partial charge on any atom is 0.256 e. The Balaban J connectivity index is 1.55. The van der Waals surface area contributed by atoms with Crippen LogP contribution in [-0.2, 0) is 12.8 Å². The van der Waals surface area contributed by atoms with Gasteiger partial charge < -0.3 is 19.5 Å². The number of carbonyl (C=O) groups is 1. The van der Waals surface area contributed by atoms with Gasteiger partial charge in [-0.25, -0.2) is 4.98 Å². The number of amides is 1. The predicted molar refractivity (Wildman–Crippen MR) is 152 cm³/mol. The molecule has 0 bridgehead atoms. The van der Waals surface area contributed by atoms with E-state index in [9.17, 15) is 4.79 Å². The molecule has 6 nitrogen and oxygen atoms in total. The van der Waals surface area contributed by atoms with Crippen LogP contribution in [0.1, 0.15) is 54.9 Å². The van der Waals surface area contributed by atoms with Crippen molar-refractivity contribution in [2.75, 3.05) is 25.1 Å². The van der Waals surface area contributed by atoms with Crippen LogP contribution in [0.2, 0.25) is 0 Å². The Kier molecular flexibility index (Phi) is 7.67. The van der Waals surface area contributed by atoms with E-state index in [-0.39, 0.29) is 5.91 Å². The van der Waals surface area contributed by atoms with Crippen molar-refractivity contribution in [3.63, 3.8) is 0 Å². The second-order valence-electron chi connectivity index (χ2n) is 9.10. The molecule has 2 aromatic heterocycles. The highest BCUT2D eigenvalue weighted by Crippen LogP contribution is 2.47. The molecule has 0 saturated heterocycles. The standard InChI is InChI=1S/C29H32N2O4S2/c1-5-33-21-15-18(16-22(34-6-2)26(21)35-7-3)27(32)31-29-25(19-13-12-17(4)14-24(19)37-29)28-30-20-10-8-9-11-23(20)36-28/h8-11,15-17H,5-7,12-14H2,1-4H3,(H,31,32). The molecule has 0 aliphatic heterocycles. The number of benzene rings is 2. The van der Waals surface area contributed by atoms with Crippen molar-refractivity contribution in [1.82, 2.24) is 4.98 Å². The smallest absolute Gasteiger partial charge is 0.256 e. The number of thiophene rings is 1. The summed E-state index contributed by atoms with van der Waals surface area (Å²) in [5.74, 6) is 1.96. The molecule has 1 aliphatic rings. The van der Waals surface area contributed by atoms with Crippen molar-refractivity contribution in [3.05, 3.63) is 52.4 Å². The minimum atomic E-state index is -0.209. The van der Waals surface area contributed by atoms with Crippen molar-refractivity contribution in [2.24, 2.45) is 5.92 Å². The monoisotopic (exact) mass is 536 g/mol. The van der Waals surface area contributed by atoms with Crippen molar-refractivity contribution >= 4 is 43.8 Å². The number of nitrogens with one attached hydrogen (secondary N) is 1. The minimum Gasteiger partial charge on any atom is -0.490 e. The van der Waals surface area contributed by atoms with Crippen LogP contribution in [0.15, 0.2) is 36.4 Å². The molecule has 0 spiro atoms. The highest BCUT2D eigenvalue weighted by Gasteiger charge is 2.28. The summed E-state index contributed by atoms with van der Waals surface area (Å²) in [6.07, 6.45) is 3.17. The summed E-state index contributed by atoms with van der Waals surface area (Å²) in [7, 11) is 0. The predicted octanol–water partition coefficient (Wildman–Crippen LogP) is 7.60. The van der Waals surface area contributed by atoms with Gasteiger partial charge in [0, 0.05) is 16.0 Å². The maximum absolute atomic E-state index is 13.7. The van der Waals surface area contributed by atoms with E-state index in [1.165, 1.54) is 10.4 Å². The Morgan fingerprint density at radius 1 is 1.03 bits per heavy atom. The number of anilines is 1. The average molecular weight is 537 g/mol. The van der Waals surface area contributed by atoms with Gasteiger partial charge >= 0.3 is 0 Å². The molecule has 1 atom stereocenters. The molecule has 5 rings (SSSR count). The zero-order chi connectivity index (χ0) is 25.9. The SMILES string of the molecule is CCOc1cc(C(=O)Nc2sc3c(c2-c2nc4ccccc4s2)CCC(C)C3)cc(OCC)c1OCC. The molecule has 1 unspecified atom stereocenters. The van der Waals surface area contributed by atoms with E-state index < -0.39 is 0 Å². The summed E-state index contributed by atoms with van der Waals surface area (Å²) in [6, 6.07) is 11.7. The van der Waals surface area contributed by atoms with Gasteiger partial charge in [0.05, 0.1) is 30.0 Å². The van der Waals surface area contributed by atoms with Crippen LogP contribution in [0.4, 0.5) is 5.00 Å². The van der Waals surface area contributed by atoms with E-state index in [0.29, 0.717) is 48.6 Å². The van der Waals surface area contributed by atoms with E-state index in [1.807, 2.05) is 39.0 Å². The van der Waals surface area contributed by atoms with Crippen molar-refractivity contribution in [2.45, 2.75) is 47.0 Å². The fourth-order valence-electron chi connectivity index (χ4n) is 4.74. The molecule has 2 aromatic carbocycles. The molecular weight excluding hydrogens is 504 g/mol. The fourth-order valence-corrected chi connectivity index (χ4v) is 7.26. The number of thiazole rings is 1. The van der Waals surface area contributed by atoms with Crippen LogP contribution < -0.4 is 19.5 Å². The van der Waals surface area contributed by atoms with E-state index in [2.05, 4.69) is 18.3 Å². The van der Waals surface area contributed by atoms with Crippen LogP contribution in [0.3, 0.4) is 0 Å². The number of hydrogen-bond acceptors (Lipinski definition) is 7. The molecule has 2 heterocycles. The number of carbonyl (C=O) groups excluding carboxylic acids is 1. The van der Waals surface area contributed by atoms with Crippen LogP contribution in [0, 0.1) is 5.92 Å². The second-order valence-corrected chi connectivity index (χ2v) is 11.2. The summed E-state index contributed by atoms with van der Waals surface area (Å²) in [5, 5.41) is 5.04. The maximum atomic E-state index is 13.7. The summed E-state index contributed by atoms with van der Waals surface area (Å²) >= 11 is 3.36. The quantitative estimate of drug-likeness (QED) is 0.239. The molecule has 8 heteroatoms. The largest absolute Gasteiger partial charge is 0.490 e. The number of hydrogen-bond donors (Lipinski definition) is 1. The fraction of sp³-hybridized carbons (Fsp3) is 0.379. The Morgan fingerprint density at radius 3 is 2.41 bits per heavy atom. The lowest BCUT2D eigenvalue weighted by atomic mass is 9.88. The minimum absolute atomic E-state index is 0.209. The molecule has 0 radical (unpaired) electrons. The number of para-hydroxylation sites is 1. The number of ether oxygens (including phenoxy) is 3. The lowest BCUT2D eigenvalue weighted by Crippen LogP contribution is -2.13. The average Bonchev–Trinajstić information content (AvgIpc) is 3.46. The Labute approximate surface area is 225 Å². The van der Waals surface area contributed by atoms with Crippen LogP contribution in [-0.4, -0.2) is 30.7 Å². The van der Waals surface area contributed by atoms with Gasteiger partial charge in [0.25, 0.3) is 5.91 Å². The van der Waals surface area contributed by atoms with Crippen molar-refractivity contribution in [1.29, 1.82) is 0 Å². The van der Waals surface area contributed by atoms with Crippen molar-refractivity contribution < 1.29 is 19.0 Å². The van der Waals surface area contributed by atoms with Gasteiger partial charge in [0.1, 0.15) is 10.0 Å². The highest BCUT2D eigenvalue weighted by atomic mass is 32.1. The van der Waals surface area contributed by atoms with Gasteiger partial charge in [0.2, 0.25) is 5.75 Å². The second kappa shape index (κ2) is 11.1. The Morgan fingerprint density at radius 2 is 1.73 bits per heavy atom. The van der Waals surface area contributed by atoms with Gasteiger partial charge in [-0.1, -0.05) is 19.1 Å². The molecule has 0 fully saturated rings. The van der Waals surface area contributed by atoms with Crippen LogP contribution in [0.5, 0.6) is 17.2 Å². The Bertz CT molecular complexity index is 1360. The lowest BCUT2D eigenvalue weighted by molar-refractivity contribution is 0.102. The lowest BCUT2D eigenvalue weighted by Gasteiger charge is -2.18. The zero-order valence-corrected chi connectivity index (χ0v) is 23.3. The molecule has 194 valence electrons. The molecule has 4 aromatic rings. The number of fused-ring (bicyclic) bond motifs is 2. The summed E-state index contributed by atoms with van der Waals surface area (Å²) in [5.41, 5.74) is 3.85. The topological polar surface area (TPSA) is 69.7 Å². The van der Waals surface area contributed by atoms with Gasteiger partial charge in [-0.15, -0.1) is 22.7 Å². The molecular formula is C29H32N2O4S2. The number of nitrogens with zero attached hydrogens (tertiary/aromatic N) is 1. The van der Waals surface area contributed by atoms with Gasteiger partial charge in [0.15, 0.2) is 11.5 Å². The molecule has 1 amide bonds. The van der Waals surface area contributed by atoms with Gasteiger partial charge in [-0.05, 0) is 75.8 Å². The van der Waals surface area contributed by atoms with Crippen LogP contribution in [0.25, 0.3) is 20.8 Å². The van der Waals surface area contributed by atoms with E-state index in [4.69, 9.17) is 19.2 Å². The third kappa shape index (κ3) is 5.18. The third-order valence-corrected chi connectivity index (χ3v) is 8.64. The first-order valence-corrected chi connectivity index (χ1v) is 14.5. The van der Waals surface area contributed by atoms with Gasteiger partial charge in [-0.3, -0.25) is 4.79 Å². The highest BCUT2D eigenvalue weighted by molar-refractivity contribution is 7.23.